The van der Waals surface area contributed by atoms with Crippen molar-refractivity contribution in [2.75, 3.05) is 23.9 Å². The minimum absolute atomic E-state index is 0.0790. The van der Waals surface area contributed by atoms with Gasteiger partial charge in [0.2, 0.25) is 11.8 Å². The van der Waals surface area contributed by atoms with E-state index >= 15 is 0 Å². The van der Waals surface area contributed by atoms with Crippen LogP contribution in [0.1, 0.15) is 17.2 Å². The Bertz CT molecular complexity index is 1090. The van der Waals surface area contributed by atoms with E-state index in [1.165, 1.54) is 29.2 Å². The molecule has 1 aliphatic heterocycles. The predicted molar refractivity (Wildman–Crippen MR) is 120 cm³/mol. The first kappa shape index (κ1) is 20.9. The maximum Gasteiger partial charge on any atom is 0.244 e. The Balaban J connectivity index is 1.56. The van der Waals surface area contributed by atoms with Gasteiger partial charge in [0.25, 0.3) is 0 Å². The van der Waals surface area contributed by atoms with Crippen LogP contribution in [-0.2, 0) is 9.59 Å². The zero-order valence-electron chi connectivity index (χ0n) is 16.9. The lowest BCUT2D eigenvalue weighted by Gasteiger charge is -2.22. The van der Waals surface area contributed by atoms with E-state index in [-0.39, 0.29) is 35.8 Å². The number of amides is 2. The summed E-state index contributed by atoms with van der Waals surface area (Å²) in [5.41, 5.74) is 2.21. The van der Waals surface area contributed by atoms with Crippen molar-refractivity contribution >= 4 is 35.0 Å². The average Bonchev–Trinajstić information content (AvgIpc) is 2.92. The molecule has 7 heteroatoms. The normalized spacial score (nSPS) is 15.7. The van der Waals surface area contributed by atoms with Crippen molar-refractivity contribution in [2.45, 2.75) is 16.6 Å². The molecule has 4 rings (SSSR count). The first-order valence-electron chi connectivity index (χ1n) is 9.79. The number of carbonyl (C=O) groups excluding carboxylic acids is 2. The third-order valence-corrected chi connectivity index (χ3v) is 6.33. The lowest BCUT2D eigenvalue weighted by molar-refractivity contribution is -0.121. The Morgan fingerprint density at radius 2 is 1.81 bits per heavy atom. The first-order valence-corrected chi connectivity index (χ1v) is 10.7. The van der Waals surface area contributed by atoms with Crippen LogP contribution >= 0.6 is 11.8 Å². The monoisotopic (exact) mass is 436 g/mol. The Labute approximate surface area is 184 Å². The van der Waals surface area contributed by atoms with Crippen LogP contribution in [0.5, 0.6) is 5.75 Å². The summed E-state index contributed by atoms with van der Waals surface area (Å²) < 4.78 is 18.3. The number of benzene rings is 3. The molecule has 0 aliphatic carbocycles. The first-order chi connectivity index (χ1) is 15.0. The highest BCUT2D eigenvalue weighted by Gasteiger charge is 2.30. The summed E-state index contributed by atoms with van der Waals surface area (Å²) in [6.45, 7) is -0.122. The largest absolute Gasteiger partial charge is 0.497 e. The van der Waals surface area contributed by atoms with Gasteiger partial charge in [-0.15, -0.1) is 11.8 Å². The molecule has 0 spiro atoms. The van der Waals surface area contributed by atoms with Crippen LogP contribution in [-0.4, -0.2) is 25.5 Å². The number of anilines is 2. The predicted octanol–water partition coefficient (Wildman–Crippen LogP) is 5.04. The second-order valence-corrected chi connectivity index (χ2v) is 8.33. The molecule has 0 bridgehead atoms. The van der Waals surface area contributed by atoms with E-state index in [1.807, 2.05) is 48.5 Å². The topological polar surface area (TPSA) is 58.6 Å². The van der Waals surface area contributed by atoms with Crippen LogP contribution in [0, 0.1) is 5.82 Å². The number of nitrogens with one attached hydrogen (secondary N) is 1. The van der Waals surface area contributed by atoms with Gasteiger partial charge in [-0.2, -0.15) is 0 Å². The fourth-order valence-corrected chi connectivity index (χ4v) is 4.71. The number of thioether (sulfide) groups is 1. The molecule has 0 saturated heterocycles. The maximum absolute atomic E-state index is 13.2. The average molecular weight is 437 g/mol. The van der Waals surface area contributed by atoms with Crippen molar-refractivity contribution in [2.24, 2.45) is 0 Å². The van der Waals surface area contributed by atoms with Crippen LogP contribution in [0.15, 0.2) is 77.7 Å². The molecule has 3 aromatic carbocycles. The molecule has 1 aliphatic rings. The number of rotatable bonds is 5. The van der Waals surface area contributed by atoms with Gasteiger partial charge in [0.1, 0.15) is 18.1 Å². The van der Waals surface area contributed by atoms with Crippen molar-refractivity contribution in [3.05, 3.63) is 84.2 Å². The summed E-state index contributed by atoms with van der Waals surface area (Å²) in [6.07, 6.45) is 0.259. The van der Waals surface area contributed by atoms with Gasteiger partial charge in [0, 0.05) is 22.3 Å². The van der Waals surface area contributed by atoms with Crippen LogP contribution in [0.25, 0.3) is 0 Å². The molecule has 31 heavy (non-hydrogen) atoms. The Morgan fingerprint density at radius 1 is 1.10 bits per heavy atom. The number of fused-ring (bicyclic) bond motifs is 1. The molecule has 5 nitrogen and oxygen atoms in total. The van der Waals surface area contributed by atoms with E-state index < -0.39 is 0 Å². The summed E-state index contributed by atoms with van der Waals surface area (Å²) in [4.78, 5) is 28.3. The molecule has 0 aromatic heterocycles. The highest BCUT2D eigenvalue weighted by molar-refractivity contribution is 7.99. The lowest BCUT2D eigenvalue weighted by Crippen LogP contribution is -2.38. The molecule has 0 radical (unpaired) electrons. The zero-order chi connectivity index (χ0) is 21.8. The second kappa shape index (κ2) is 9.22. The quantitative estimate of drug-likeness (QED) is 0.609. The Hall–Kier alpha value is -3.32. The van der Waals surface area contributed by atoms with Gasteiger partial charge in [-0.25, -0.2) is 4.39 Å². The van der Waals surface area contributed by atoms with Crippen molar-refractivity contribution < 1.29 is 18.7 Å². The standard InChI is InChI=1S/C24H21FN2O3S/c1-30-19-12-6-16(7-13-19)22-14-24(29)27(20-4-2-3-5-21(20)31-22)15-23(28)26-18-10-8-17(25)9-11-18/h2-13,22H,14-15H2,1H3,(H,26,28). The fourth-order valence-electron chi connectivity index (χ4n) is 3.43. The number of ether oxygens (including phenoxy) is 1. The molecule has 3 aromatic rings. The second-order valence-electron chi connectivity index (χ2n) is 7.09. The van der Waals surface area contributed by atoms with Gasteiger partial charge in [0.05, 0.1) is 12.8 Å². The summed E-state index contributed by atoms with van der Waals surface area (Å²) in [5.74, 6) is -0.0976. The third kappa shape index (κ3) is 4.88. The molecule has 1 heterocycles. The molecule has 1 atom stereocenters. The SMILES string of the molecule is COc1ccc(C2CC(=O)N(CC(=O)Nc3ccc(F)cc3)c3ccccc3S2)cc1. The van der Waals surface area contributed by atoms with E-state index in [1.54, 1.807) is 18.9 Å². The smallest absolute Gasteiger partial charge is 0.244 e. The van der Waals surface area contributed by atoms with Crippen molar-refractivity contribution in [3.8, 4) is 5.75 Å². The Kier molecular flexibility index (Phi) is 6.23. The number of para-hydroxylation sites is 1. The van der Waals surface area contributed by atoms with E-state index in [0.29, 0.717) is 11.4 Å². The molecule has 0 fully saturated rings. The van der Waals surface area contributed by atoms with E-state index in [9.17, 15) is 14.0 Å². The highest BCUT2D eigenvalue weighted by atomic mass is 32.2. The van der Waals surface area contributed by atoms with Crippen molar-refractivity contribution in [1.29, 1.82) is 0 Å². The van der Waals surface area contributed by atoms with Gasteiger partial charge in [-0.1, -0.05) is 24.3 Å². The Morgan fingerprint density at radius 3 is 2.52 bits per heavy atom. The van der Waals surface area contributed by atoms with Crippen LogP contribution < -0.4 is 15.0 Å². The van der Waals surface area contributed by atoms with E-state index in [4.69, 9.17) is 4.74 Å². The summed E-state index contributed by atoms with van der Waals surface area (Å²) in [5, 5.41) is 2.64. The minimum Gasteiger partial charge on any atom is -0.497 e. The third-order valence-electron chi connectivity index (χ3n) is 5.00. The highest BCUT2D eigenvalue weighted by Crippen LogP contribution is 2.45. The van der Waals surface area contributed by atoms with Crippen LogP contribution in [0.4, 0.5) is 15.8 Å². The number of hydrogen-bond donors (Lipinski definition) is 1. The lowest BCUT2D eigenvalue weighted by atomic mass is 10.1. The maximum atomic E-state index is 13.2. The summed E-state index contributed by atoms with van der Waals surface area (Å²) in [6, 6.07) is 20.8. The van der Waals surface area contributed by atoms with Gasteiger partial charge in [0.15, 0.2) is 0 Å². The number of carbonyl (C=O) groups is 2. The van der Waals surface area contributed by atoms with Crippen LogP contribution in [0.3, 0.4) is 0 Å². The number of halogens is 1. The van der Waals surface area contributed by atoms with Crippen LogP contribution in [0.2, 0.25) is 0 Å². The van der Waals surface area contributed by atoms with Crippen molar-refractivity contribution in [3.63, 3.8) is 0 Å². The van der Waals surface area contributed by atoms with Crippen molar-refractivity contribution in [1.82, 2.24) is 0 Å². The van der Waals surface area contributed by atoms with Gasteiger partial charge in [-0.05, 0) is 54.1 Å². The molecular formula is C24H21FN2O3S. The van der Waals surface area contributed by atoms with E-state index in [2.05, 4.69) is 5.32 Å². The number of nitrogens with zero attached hydrogens (tertiary/aromatic N) is 1. The molecule has 158 valence electrons. The molecule has 2 amide bonds. The van der Waals surface area contributed by atoms with Gasteiger partial charge < -0.3 is 15.0 Å². The van der Waals surface area contributed by atoms with Gasteiger partial charge >= 0.3 is 0 Å². The minimum atomic E-state index is -0.378. The molecule has 0 saturated carbocycles. The molecular weight excluding hydrogens is 415 g/mol. The van der Waals surface area contributed by atoms with E-state index in [0.717, 1.165) is 16.2 Å². The number of methoxy groups -OCH3 is 1. The fraction of sp³-hybridized carbons (Fsp3) is 0.167. The van der Waals surface area contributed by atoms with Gasteiger partial charge in [-0.3, -0.25) is 9.59 Å². The zero-order valence-corrected chi connectivity index (χ0v) is 17.7. The molecule has 1 unspecified atom stereocenters. The summed E-state index contributed by atoms with van der Waals surface area (Å²) in [7, 11) is 1.62. The molecule has 1 N–H and O–H groups in total. The number of hydrogen-bond acceptors (Lipinski definition) is 4. The summed E-state index contributed by atoms with van der Waals surface area (Å²) >= 11 is 1.61.